The van der Waals surface area contributed by atoms with Gasteiger partial charge in [-0.15, -0.1) is 0 Å². The van der Waals surface area contributed by atoms with Gasteiger partial charge in [0, 0.05) is 24.4 Å². The summed E-state index contributed by atoms with van der Waals surface area (Å²) >= 11 is 10.9. The second-order valence-electron chi connectivity index (χ2n) is 2.20. The first-order valence-corrected chi connectivity index (χ1v) is 6.36. The molecule has 0 aliphatic rings. The largest absolute Gasteiger partial charge is 0.468 e. The van der Waals surface area contributed by atoms with Crippen molar-refractivity contribution in [3.05, 3.63) is 0 Å². The smallest absolute Gasteiger partial charge is 0.315 e. The second kappa shape index (κ2) is 23.4. The molecular formula is C9H18O6S3Sb. The summed E-state index contributed by atoms with van der Waals surface area (Å²) in [7, 11) is 4.00. The molecule has 0 rings (SSSR count). The predicted molar refractivity (Wildman–Crippen MR) is 83.4 cm³/mol. The van der Waals surface area contributed by atoms with Crippen LogP contribution in [0, 0.1) is 0 Å². The third-order valence-corrected chi connectivity index (χ3v) is 1.84. The molecule has 0 aliphatic carbocycles. The van der Waals surface area contributed by atoms with Crippen LogP contribution in [0.4, 0.5) is 0 Å². The molecule has 0 heterocycles. The number of hydrogen-bond donors (Lipinski definition) is 3. The monoisotopic (exact) mass is 439 g/mol. The molecular weight excluding hydrogens is 422 g/mol. The van der Waals surface area contributed by atoms with Gasteiger partial charge in [0.2, 0.25) is 0 Å². The molecule has 0 bridgehead atoms. The van der Waals surface area contributed by atoms with Crippen LogP contribution >= 0.6 is 37.9 Å². The van der Waals surface area contributed by atoms with Crippen molar-refractivity contribution in [1.82, 2.24) is 0 Å². The van der Waals surface area contributed by atoms with Gasteiger partial charge in [0.1, 0.15) is 0 Å². The average molecular weight is 440 g/mol. The Hall–Kier alpha value is 0.278. The molecule has 0 aromatic carbocycles. The van der Waals surface area contributed by atoms with Gasteiger partial charge >= 0.3 is 17.9 Å². The zero-order valence-electron chi connectivity index (χ0n) is 10.9. The number of ether oxygens (including phenoxy) is 3. The zero-order chi connectivity index (χ0) is 15.0. The number of methoxy groups -OCH3 is 3. The molecule has 3 radical (unpaired) electrons. The third-order valence-electron chi connectivity index (χ3n) is 1.07. The molecule has 0 unspecified atom stereocenters. The topological polar surface area (TPSA) is 78.9 Å². The summed E-state index contributed by atoms with van der Waals surface area (Å²) in [5, 5.41) is 0. The fourth-order valence-electron chi connectivity index (χ4n) is 0.194. The maximum Gasteiger partial charge on any atom is 0.315 e. The van der Waals surface area contributed by atoms with Crippen LogP contribution < -0.4 is 0 Å². The van der Waals surface area contributed by atoms with Gasteiger partial charge in [0.15, 0.2) is 0 Å². The summed E-state index contributed by atoms with van der Waals surface area (Å²) in [6, 6.07) is 0. The maximum absolute atomic E-state index is 9.88. The first-order chi connectivity index (χ1) is 8.42. The van der Waals surface area contributed by atoms with Crippen molar-refractivity contribution < 1.29 is 28.6 Å². The van der Waals surface area contributed by atoms with Crippen molar-refractivity contribution in [2.24, 2.45) is 0 Å². The van der Waals surface area contributed by atoms with Crippen molar-refractivity contribution in [2.75, 3.05) is 38.6 Å². The molecule has 0 atom stereocenters. The quantitative estimate of drug-likeness (QED) is 0.246. The minimum absolute atomic E-state index is 0. The maximum atomic E-state index is 9.88. The van der Waals surface area contributed by atoms with Gasteiger partial charge < -0.3 is 14.2 Å². The van der Waals surface area contributed by atoms with Crippen LogP contribution in [0.2, 0.25) is 0 Å². The number of esters is 3. The second-order valence-corrected chi connectivity index (χ2v) is 3.15. The fourth-order valence-corrected chi connectivity index (χ4v) is 0.581. The van der Waals surface area contributed by atoms with E-state index in [9.17, 15) is 14.4 Å². The van der Waals surface area contributed by atoms with Crippen LogP contribution in [0.25, 0.3) is 0 Å². The molecule has 0 saturated carbocycles. The Morgan fingerprint density at radius 3 is 0.842 bits per heavy atom. The van der Waals surface area contributed by atoms with Gasteiger partial charge in [0.05, 0.1) is 38.6 Å². The van der Waals surface area contributed by atoms with Crippen LogP contribution in [-0.4, -0.2) is 80.9 Å². The number of thiol groups is 3. The number of carbonyl (C=O) groups is 3. The van der Waals surface area contributed by atoms with Crippen LogP contribution in [0.1, 0.15) is 0 Å². The zero-order valence-corrected chi connectivity index (χ0v) is 16.1. The van der Waals surface area contributed by atoms with Gasteiger partial charge in [-0.2, -0.15) is 37.9 Å². The summed E-state index contributed by atoms with van der Waals surface area (Å²) in [6.07, 6.45) is 0. The molecule has 10 heteroatoms. The minimum Gasteiger partial charge on any atom is -0.468 e. The van der Waals surface area contributed by atoms with E-state index in [2.05, 4.69) is 52.1 Å². The van der Waals surface area contributed by atoms with Crippen molar-refractivity contribution in [3.8, 4) is 0 Å². The van der Waals surface area contributed by atoms with E-state index in [1.807, 2.05) is 0 Å². The van der Waals surface area contributed by atoms with Gasteiger partial charge in [-0.1, -0.05) is 0 Å². The first-order valence-electron chi connectivity index (χ1n) is 4.46. The molecule has 0 spiro atoms. The molecule has 0 fully saturated rings. The Morgan fingerprint density at radius 2 is 0.842 bits per heavy atom. The van der Waals surface area contributed by atoms with Crippen LogP contribution in [0.3, 0.4) is 0 Å². The Kier molecular flexibility index (Phi) is 33.9. The number of hydrogen-bond acceptors (Lipinski definition) is 9. The van der Waals surface area contributed by atoms with Gasteiger partial charge in [-0.3, -0.25) is 14.4 Å². The SMILES string of the molecule is COC(=O)CS.COC(=O)CS.COC(=O)CS.[Sb]. The summed E-state index contributed by atoms with van der Waals surface area (Å²) in [4.78, 5) is 29.6. The van der Waals surface area contributed by atoms with Crippen molar-refractivity contribution in [2.45, 2.75) is 0 Å². The van der Waals surface area contributed by atoms with E-state index in [0.29, 0.717) is 0 Å². The van der Waals surface area contributed by atoms with E-state index >= 15 is 0 Å². The Labute approximate surface area is 147 Å². The fraction of sp³-hybridized carbons (Fsp3) is 0.667. The normalized spacial score (nSPS) is 7.26. The number of carbonyl (C=O) groups excluding carboxylic acids is 3. The molecule has 0 aromatic heterocycles. The van der Waals surface area contributed by atoms with Crippen molar-refractivity contribution in [1.29, 1.82) is 0 Å². The molecule has 0 N–H and O–H groups in total. The van der Waals surface area contributed by atoms with Gasteiger partial charge in [-0.25, -0.2) is 0 Å². The summed E-state index contributed by atoms with van der Waals surface area (Å²) in [6.45, 7) is 0. The van der Waals surface area contributed by atoms with Crippen LogP contribution in [0.15, 0.2) is 0 Å². The molecule has 0 aromatic rings. The van der Waals surface area contributed by atoms with Gasteiger partial charge in [-0.05, 0) is 0 Å². The van der Waals surface area contributed by atoms with Crippen LogP contribution in [0.5, 0.6) is 0 Å². The minimum atomic E-state index is -0.293. The third kappa shape index (κ3) is 32.1. The Bertz CT molecular complexity index is 184. The molecule has 0 amide bonds. The van der Waals surface area contributed by atoms with E-state index in [1.54, 1.807) is 0 Å². The van der Waals surface area contributed by atoms with E-state index in [1.165, 1.54) is 21.3 Å². The Balaban J connectivity index is -0.0000000865. The predicted octanol–water partition coefficient (Wildman–Crippen LogP) is -0.113. The summed E-state index contributed by atoms with van der Waals surface area (Å²) < 4.78 is 12.6. The standard InChI is InChI=1S/3C3H6O2S.Sb/c3*1-5-3(4)2-6;/h3*6H,2H2,1H3;. The first kappa shape index (κ1) is 27.6. The van der Waals surface area contributed by atoms with E-state index in [-0.39, 0.29) is 59.6 Å². The molecule has 19 heavy (non-hydrogen) atoms. The van der Waals surface area contributed by atoms with E-state index < -0.39 is 0 Å². The van der Waals surface area contributed by atoms with E-state index in [4.69, 9.17) is 0 Å². The molecule has 6 nitrogen and oxygen atoms in total. The van der Waals surface area contributed by atoms with Crippen molar-refractivity contribution >= 4 is 80.2 Å². The summed E-state index contributed by atoms with van der Waals surface area (Å²) in [5.74, 6) is -0.390. The Morgan fingerprint density at radius 1 is 0.684 bits per heavy atom. The van der Waals surface area contributed by atoms with Crippen molar-refractivity contribution in [3.63, 3.8) is 0 Å². The van der Waals surface area contributed by atoms with E-state index in [0.717, 1.165) is 0 Å². The number of rotatable bonds is 3. The molecule has 0 aliphatic heterocycles. The van der Waals surface area contributed by atoms with Gasteiger partial charge in [0.25, 0.3) is 0 Å². The van der Waals surface area contributed by atoms with Crippen LogP contribution in [-0.2, 0) is 28.6 Å². The summed E-state index contributed by atoms with van der Waals surface area (Å²) in [5.41, 5.74) is 0. The molecule has 0 saturated heterocycles. The molecule has 113 valence electrons. The average Bonchev–Trinajstić information content (AvgIpc) is 2.45.